The summed E-state index contributed by atoms with van der Waals surface area (Å²) in [6, 6.07) is 0. The molecule has 2 fully saturated rings. The maximum atomic E-state index is 3.71. The molecule has 0 aromatic carbocycles. The predicted molar refractivity (Wildman–Crippen MR) is 81.7 cm³/mol. The lowest BCUT2D eigenvalue weighted by atomic mass is 9.96. The first kappa shape index (κ1) is 15.2. The molecule has 2 rings (SSSR count). The van der Waals surface area contributed by atoms with Crippen LogP contribution in [-0.4, -0.2) is 87.2 Å². The number of hydrogen-bond acceptors (Lipinski definition) is 4. The van der Waals surface area contributed by atoms with Crippen molar-refractivity contribution in [3.8, 4) is 0 Å². The fraction of sp³-hybridized carbons (Fsp3) is 1.00. The molecule has 1 N–H and O–H groups in total. The summed E-state index contributed by atoms with van der Waals surface area (Å²) in [5.74, 6) is 0. The third kappa shape index (κ3) is 4.15. The van der Waals surface area contributed by atoms with Crippen molar-refractivity contribution < 1.29 is 0 Å². The molecule has 2 aliphatic rings. The first-order chi connectivity index (χ1) is 9.12. The van der Waals surface area contributed by atoms with Gasteiger partial charge in [0.1, 0.15) is 0 Å². The zero-order chi connectivity index (χ0) is 13.7. The molecule has 1 aliphatic heterocycles. The molecule has 1 heterocycles. The first-order valence-corrected chi connectivity index (χ1v) is 7.91. The Morgan fingerprint density at radius 3 is 2.26 bits per heavy atom. The second-order valence-electron chi connectivity index (χ2n) is 6.65. The van der Waals surface area contributed by atoms with E-state index in [-0.39, 0.29) is 0 Å². The molecule has 0 aromatic heterocycles. The standard InChI is InChI=1S/C15H32N4/c1-17(2)15(6-4-5-7-15)14-16-8-9-19-12-10-18(3)11-13-19/h16H,4-14H2,1-3H3. The van der Waals surface area contributed by atoms with Crippen LogP contribution in [0, 0.1) is 0 Å². The molecule has 0 atom stereocenters. The van der Waals surface area contributed by atoms with Gasteiger partial charge in [0, 0.05) is 51.4 Å². The molecule has 0 aromatic rings. The summed E-state index contributed by atoms with van der Waals surface area (Å²) in [6.45, 7) is 8.42. The predicted octanol–water partition coefficient (Wildman–Crippen LogP) is 0.698. The molecule has 4 nitrogen and oxygen atoms in total. The molecule has 19 heavy (non-hydrogen) atoms. The van der Waals surface area contributed by atoms with Crippen LogP contribution in [0.5, 0.6) is 0 Å². The van der Waals surface area contributed by atoms with Gasteiger partial charge in [0.05, 0.1) is 0 Å². The van der Waals surface area contributed by atoms with E-state index >= 15 is 0 Å². The Kier molecular flexibility index (Phi) is 5.63. The van der Waals surface area contributed by atoms with Crippen molar-refractivity contribution in [3.63, 3.8) is 0 Å². The van der Waals surface area contributed by atoms with Gasteiger partial charge in [0.25, 0.3) is 0 Å². The summed E-state index contributed by atoms with van der Waals surface area (Å²) in [7, 11) is 6.71. The molecule has 0 spiro atoms. The highest BCUT2D eigenvalue weighted by atomic mass is 15.3. The molecule has 0 amide bonds. The maximum absolute atomic E-state index is 3.71. The van der Waals surface area contributed by atoms with E-state index in [1.807, 2.05) is 0 Å². The van der Waals surface area contributed by atoms with Crippen LogP contribution < -0.4 is 5.32 Å². The lowest BCUT2D eigenvalue weighted by Gasteiger charge is -2.37. The largest absolute Gasteiger partial charge is 0.314 e. The smallest absolute Gasteiger partial charge is 0.0327 e. The lowest BCUT2D eigenvalue weighted by molar-refractivity contribution is 0.139. The summed E-state index contributed by atoms with van der Waals surface area (Å²) >= 11 is 0. The summed E-state index contributed by atoms with van der Waals surface area (Å²) < 4.78 is 0. The number of nitrogens with zero attached hydrogens (tertiary/aromatic N) is 3. The Labute approximate surface area is 119 Å². The van der Waals surface area contributed by atoms with Gasteiger partial charge >= 0.3 is 0 Å². The Morgan fingerprint density at radius 1 is 1.05 bits per heavy atom. The quantitative estimate of drug-likeness (QED) is 0.716. The topological polar surface area (TPSA) is 21.8 Å². The van der Waals surface area contributed by atoms with Crippen LogP contribution >= 0.6 is 0 Å². The van der Waals surface area contributed by atoms with E-state index in [0.29, 0.717) is 5.54 Å². The van der Waals surface area contributed by atoms with Gasteiger partial charge in [-0.25, -0.2) is 0 Å². The monoisotopic (exact) mass is 268 g/mol. The molecule has 0 radical (unpaired) electrons. The molecule has 1 aliphatic carbocycles. The van der Waals surface area contributed by atoms with Crippen molar-refractivity contribution in [2.75, 3.05) is 67.0 Å². The van der Waals surface area contributed by atoms with Gasteiger partial charge in [-0.05, 0) is 34.0 Å². The minimum absolute atomic E-state index is 0.433. The summed E-state index contributed by atoms with van der Waals surface area (Å²) in [5, 5.41) is 3.71. The van der Waals surface area contributed by atoms with E-state index in [9.17, 15) is 0 Å². The van der Waals surface area contributed by atoms with Crippen LogP contribution in [0.4, 0.5) is 0 Å². The van der Waals surface area contributed by atoms with Crippen LogP contribution in [0.15, 0.2) is 0 Å². The van der Waals surface area contributed by atoms with E-state index in [4.69, 9.17) is 0 Å². The van der Waals surface area contributed by atoms with Crippen LogP contribution in [0.3, 0.4) is 0 Å². The fourth-order valence-electron chi connectivity index (χ4n) is 3.44. The van der Waals surface area contributed by atoms with Gasteiger partial charge in [0.15, 0.2) is 0 Å². The second kappa shape index (κ2) is 7.02. The Morgan fingerprint density at radius 2 is 1.68 bits per heavy atom. The lowest BCUT2D eigenvalue weighted by Crippen LogP contribution is -2.51. The zero-order valence-corrected chi connectivity index (χ0v) is 13.1. The molecular weight excluding hydrogens is 236 g/mol. The molecular formula is C15H32N4. The van der Waals surface area contributed by atoms with Crippen LogP contribution in [-0.2, 0) is 0 Å². The number of hydrogen-bond donors (Lipinski definition) is 1. The Hall–Kier alpha value is -0.160. The van der Waals surface area contributed by atoms with Crippen molar-refractivity contribution in [3.05, 3.63) is 0 Å². The molecule has 0 bridgehead atoms. The summed E-state index contributed by atoms with van der Waals surface area (Å²) in [5.41, 5.74) is 0.433. The van der Waals surface area contributed by atoms with Gasteiger partial charge in [-0.3, -0.25) is 4.90 Å². The van der Waals surface area contributed by atoms with Gasteiger partial charge in [0.2, 0.25) is 0 Å². The molecule has 1 saturated carbocycles. The summed E-state index contributed by atoms with van der Waals surface area (Å²) in [4.78, 5) is 7.45. The minimum atomic E-state index is 0.433. The van der Waals surface area contributed by atoms with Crippen LogP contribution in [0.2, 0.25) is 0 Å². The van der Waals surface area contributed by atoms with Crippen molar-refractivity contribution >= 4 is 0 Å². The molecule has 1 saturated heterocycles. The van der Waals surface area contributed by atoms with E-state index in [0.717, 1.165) is 13.1 Å². The SMILES string of the molecule is CN1CCN(CCNCC2(N(C)C)CCCC2)CC1. The highest BCUT2D eigenvalue weighted by Gasteiger charge is 2.35. The Bertz CT molecular complexity index is 253. The van der Waals surface area contributed by atoms with E-state index in [2.05, 4.69) is 41.2 Å². The van der Waals surface area contributed by atoms with Crippen molar-refractivity contribution in [2.45, 2.75) is 31.2 Å². The van der Waals surface area contributed by atoms with Crippen LogP contribution in [0.1, 0.15) is 25.7 Å². The van der Waals surface area contributed by atoms with E-state index < -0.39 is 0 Å². The number of likely N-dealkylation sites (N-methyl/N-ethyl adjacent to an activating group) is 2. The number of piperazine rings is 1. The van der Waals surface area contributed by atoms with E-state index in [1.165, 1.54) is 58.4 Å². The fourth-order valence-corrected chi connectivity index (χ4v) is 3.44. The maximum Gasteiger partial charge on any atom is 0.0327 e. The van der Waals surface area contributed by atoms with Crippen molar-refractivity contribution in [1.82, 2.24) is 20.0 Å². The van der Waals surface area contributed by atoms with Gasteiger partial charge in [-0.1, -0.05) is 12.8 Å². The minimum Gasteiger partial charge on any atom is -0.314 e. The van der Waals surface area contributed by atoms with Gasteiger partial charge < -0.3 is 15.1 Å². The normalized spacial score (nSPS) is 25.3. The van der Waals surface area contributed by atoms with E-state index in [1.54, 1.807) is 0 Å². The number of nitrogens with one attached hydrogen (secondary N) is 1. The third-order valence-electron chi connectivity index (χ3n) is 5.14. The average molecular weight is 268 g/mol. The highest BCUT2D eigenvalue weighted by Crippen LogP contribution is 2.32. The van der Waals surface area contributed by atoms with Gasteiger partial charge in [-0.15, -0.1) is 0 Å². The zero-order valence-electron chi connectivity index (χ0n) is 13.1. The molecule has 112 valence electrons. The number of rotatable bonds is 6. The Balaban J connectivity index is 1.63. The average Bonchev–Trinajstić information content (AvgIpc) is 2.87. The highest BCUT2D eigenvalue weighted by molar-refractivity contribution is 4.94. The van der Waals surface area contributed by atoms with Crippen molar-refractivity contribution in [2.24, 2.45) is 0 Å². The molecule has 0 unspecified atom stereocenters. The second-order valence-corrected chi connectivity index (χ2v) is 6.65. The molecule has 4 heteroatoms. The van der Waals surface area contributed by atoms with Gasteiger partial charge in [-0.2, -0.15) is 0 Å². The van der Waals surface area contributed by atoms with Crippen molar-refractivity contribution in [1.29, 1.82) is 0 Å². The summed E-state index contributed by atoms with van der Waals surface area (Å²) in [6.07, 6.45) is 5.53. The van der Waals surface area contributed by atoms with Crippen LogP contribution in [0.25, 0.3) is 0 Å². The first-order valence-electron chi connectivity index (χ1n) is 7.91. The third-order valence-corrected chi connectivity index (χ3v) is 5.14.